The molecule has 0 amide bonds. The molecular formula is C9H10BrClO2S2. The Labute approximate surface area is 107 Å². The monoisotopic (exact) mass is 328 g/mol. The molecular weight excluding hydrogens is 320 g/mol. The van der Waals surface area contributed by atoms with Gasteiger partial charge in [0.1, 0.15) is 0 Å². The summed E-state index contributed by atoms with van der Waals surface area (Å²) in [4.78, 5) is 0.887. The van der Waals surface area contributed by atoms with Crippen molar-refractivity contribution in [1.82, 2.24) is 0 Å². The van der Waals surface area contributed by atoms with Gasteiger partial charge in [-0.05, 0) is 25.0 Å². The molecule has 1 aliphatic rings. The van der Waals surface area contributed by atoms with E-state index in [1.807, 2.05) is 6.07 Å². The Balaban J connectivity index is 2.25. The van der Waals surface area contributed by atoms with Crippen molar-refractivity contribution in [1.29, 1.82) is 0 Å². The summed E-state index contributed by atoms with van der Waals surface area (Å²) >= 11 is 10.7. The van der Waals surface area contributed by atoms with Crippen molar-refractivity contribution in [2.24, 2.45) is 0 Å². The lowest BCUT2D eigenvalue weighted by Gasteiger charge is -2.14. The summed E-state index contributed by atoms with van der Waals surface area (Å²) in [6, 6.07) is 3.69. The summed E-state index contributed by atoms with van der Waals surface area (Å²) in [6.07, 6.45) is 1.52. The topological polar surface area (TPSA) is 34.1 Å². The molecule has 1 aliphatic heterocycles. The zero-order valence-electron chi connectivity index (χ0n) is 7.82. The molecule has 0 N–H and O–H groups in total. The van der Waals surface area contributed by atoms with Gasteiger partial charge in [-0.1, -0.05) is 27.5 Å². The van der Waals surface area contributed by atoms with E-state index in [-0.39, 0.29) is 10.1 Å². The first-order valence-electron chi connectivity index (χ1n) is 4.61. The number of rotatable bonds is 2. The lowest BCUT2D eigenvalue weighted by molar-refractivity contribution is 0.588. The maximum absolute atomic E-state index is 11.7. The van der Waals surface area contributed by atoms with Gasteiger partial charge in [-0.15, -0.1) is 11.3 Å². The van der Waals surface area contributed by atoms with Crippen LogP contribution in [0.15, 0.2) is 12.1 Å². The van der Waals surface area contributed by atoms with E-state index in [2.05, 4.69) is 15.9 Å². The smallest absolute Gasteiger partial charge is 0.154 e. The Morgan fingerprint density at radius 3 is 2.73 bits per heavy atom. The van der Waals surface area contributed by atoms with Crippen molar-refractivity contribution < 1.29 is 8.42 Å². The van der Waals surface area contributed by atoms with Crippen LogP contribution in [0.2, 0.25) is 4.34 Å². The molecule has 1 fully saturated rings. The van der Waals surface area contributed by atoms with Crippen molar-refractivity contribution in [3.05, 3.63) is 21.3 Å². The van der Waals surface area contributed by atoms with Crippen molar-refractivity contribution in [3.63, 3.8) is 0 Å². The fourth-order valence-corrected chi connectivity index (χ4v) is 6.59. The highest BCUT2D eigenvalue weighted by molar-refractivity contribution is 9.09. The van der Waals surface area contributed by atoms with Crippen LogP contribution in [0.3, 0.4) is 0 Å². The van der Waals surface area contributed by atoms with Crippen LogP contribution in [0, 0.1) is 0 Å². The van der Waals surface area contributed by atoms with E-state index in [0.29, 0.717) is 10.1 Å². The van der Waals surface area contributed by atoms with E-state index >= 15 is 0 Å². The SMILES string of the molecule is O=S1(=O)CCCC1C(Br)c1ccc(Cl)s1. The molecule has 0 bridgehead atoms. The van der Waals surface area contributed by atoms with Crippen LogP contribution in [-0.2, 0) is 9.84 Å². The molecule has 1 aromatic rings. The van der Waals surface area contributed by atoms with E-state index in [4.69, 9.17) is 11.6 Å². The molecule has 2 heterocycles. The number of halogens is 2. The first kappa shape index (κ1) is 11.9. The van der Waals surface area contributed by atoms with Crippen molar-refractivity contribution in [2.45, 2.75) is 22.9 Å². The van der Waals surface area contributed by atoms with Crippen LogP contribution in [0.25, 0.3) is 0 Å². The standard InChI is InChI=1S/C9H10BrClO2S2/c10-9(6-3-4-8(11)14-6)7-2-1-5-15(7,12)13/h3-4,7,9H,1-2,5H2. The minimum Gasteiger partial charge on any atom is -0.228 e. The van der Waals surface area contributed by atoms with Crippen LogP contribution in [0.5, 0.6) is 0 Å². The van der Waals surface area contributed by atoms with Gasteiger partial charge in [0.25, 0.3) is 0 Å². The second kappa shape index (κ2) is 4.35. The van der Waals surface area contributed by atoms with Crippen molar-refractivity contribution in [2.75, 3.05) is 5.75 Å². The zero-order chi connectivity index (χ0) is 11.1. The predicted octanol–water partition coefficient (Wildman–Crippen LogP) is 3.41. The fourth-order valence-electron chi connectivity index (χ4n) is 1.80. The van der Waals surface area contributed by atoms with Gasteiger partial charge in [0.2, 0.25) is 0 Å². The van der Waals surface area contributed by atoms with Crippen molar-refractivity contribution >= 4 is 48.7 Å². The number of hydrogen-bond acceptors (Lipinski definition) is 3. The zero-order valence-corrected chi connectivity index (χ0v) is 11.8. The fraction of sp³-hybridized carbons (Fsp3) is 0.556. The van der Waals surface area contributed by atoms with Gasteiger partial charge in [-0.3, -0.25) is 0 Å². The van der Waals surface area contributed by atoms with E-state index in [1.54, 1.807) is 6.07 Å². The Bertz CT molecular complexity index is 454. The van der Waals surface area contributed by atoms with Gasteiger partial charge in [0, 0.05) is 4.88 Å². The van der Waals surface area contributed by atoms with Crippen LogP contribution >= 0.6 is 38.9 Å². The molecule has 0 aromatic carbocycles. The van der Waals surface area contributed by atoms with Crippen LogP contribution in [0.1, 0.15) is 22.5 Å². The van der Waals surface area contributed by atoms with Gasteiger partial charge in [0.05, 0.1) is 20.2 Å². The van der Waals surface area contributed by atoms with Crippen molar-refractivity contribution in [3.8, 4) is 0 Å². The Hall–Kier alpha value is 0.420. The highest BCUT2D eigenvalue weighted by Crippen LogP contribution is 2.41. The minimum absolute atomic E-state index is 0.109. The highest BCUT2D eigenvalue weighted by atomic mass is 79.9. The summed E-state index contributed by atoms with van der Waals surface area (Å²) in [6.45, 7) is 0. The van der Waals surface area contributed by atoms with Gasteiger partial charge >= 0.3 is 0 Å². The largest absolute Gasteiger partial charge is 0.228 e. The third kappa shape index (κ3) is 2.40. The molecule has 0 aliphatic carbocycles. The third-order valence-corrected chi connectivity index (χ3v) is 7.96. The summed E-state index contributed by atoms with van der Waals surface area (Å²) in [5.41, 5.74) is 0. The number of sulfone groups is 1. The summed E-state index contributed by atoms with van der Waals surface area (Å²) in [7, 11) is -2.91. The molecule has 0 saturated carbocycles. The molecule has 15 heavy (non-hydrogen) atoms. The molecule has 84 valence electrons. The summed E-state index contributed by atoms with van der Waals surface area (Å²) in [5.74, 6) is 0.318. The van der Waals surface area contributed by atoms with Crippen LogP contribution < -0.4 is 0 Å². The van der Waals surface area contributed by atoms with Crippen LogP contribution in [0.4, 0.5) is 0 Å². The first-order chi connectivity index (χ1) is 7.00. The summed E-state index contributed by atoms with van der Waals surface area (Å²) in [5, 5.41) is -0.285. The molecule has 2 nitrogen and oxygen atoms in total. The normalized spacial score (nSPS) is 26.7. The molecule has 0 radical (unpaired) electrons. The maximum Gasteiger partial charge on any atom is 0.154 e. The molecule has 0 spiro atoms. The number of alkyl halides is 1. The maximum atomic E-state index is 11.7. The molecule has 2 unspecified atom stereocenters. The molecule has 6 heteroatoms. The minimum atomic E-state index is -2.91. The van der Waals surface area contributed by atoms with Gasteiger partial charge in [-0.25, -0.2) is 8.42 Å². The first-order valence-corrected chi connectivity index (χ1v) is 8.44. The van der Waals surface area contributed by atoms with Crippen LogP contribution in [-0.4, -0.2) is 19.4 Å². The van der Waals surface area contributed by atoms with Gasteiger partial charge in [-0.2, -0.15) is 0 Å². The average molecular weight is 330 g/mol. The molecule has 1 aromatic heterocycles. The molecule has 1 saturated heterocycles. The van der Waals surface area contributed by atoms with E-state index in [9.17, 15) is 8.42 Å². The summed E-state index contributed by atoms with van der Waals surface area (Å²) < 4.78 is 24.1. The Morgan fingerprint density at radius 1 is 1.53 bits per heavy atom. The number of hydrogen-bond donors (Lipinski definition) is 0. The third-order valence-electron chi connectivity index (χ3n) is 2.57. The lowest BCUT2D eigenvalue weighted by Crippen LogP contribution is -2.20. The molecule has 2 atom stereocenters. The molecule has 2 rings (SSSR count). The quantitative estimate of drug-likeness (QED) is 0.779. The lowest BCUT2D eigenvalue weighted by atomic mass is 10.2. The second-order valence-corrected chi connectivity index (χ2v) is 8.66. The van der Waals surface area contributed by atoms with E-state index in [0.717, 1.165) is 17.7 Å². The Morgan fingerprint density at radius 2 is 2.27 bits per heavy atom. The predicted molar refractivity (Wildman–Crippen MR) is 67.8 cm³/mol. The number of thiophene rings is 1. The van der Waals surface area contributed by atoms with E-state index in [1.165, 1.54) is 11.3 Å². The Kier molecular flexibility index (Phi) is 3.45. The van der Waals surface area contributed by atoms with Gasteiger partial charge < -0.3 is 0 Å². The van der Waals surface area contributed by atoms with Gasteiger partial charge in [0.15, 0.2) is 9.84 Å². The van der Waals surface area contributed by atoms with E-state index < -0.39 is 9.84 Å². The highest BCUT2D eigenvalue weighted by Gasteiger charge is 2.37. The average Bonchev–Trinajstić information content (AvgIpc) is 2.70. The second-order valence-electron chi connectivity index (χ2n) is 3.59.